The summed E-state index contributed by atoms with van der Waals surface area (Å²) in [6.45, 7) is 11.3. The number of carbonyl (C=O) groups excluding carboxylic acids is 1. The van der Waals surface area contributed by atoms with Crippen molar-refractivity contribution in [3.63, 3.8) is 0 Å². The zero-order valence-electron chi connectivity index (χ0n) is 15.4. The van der Waals surface area contributed by atoms with Gasteiger partial charge in [-0.3, -0.25) is 9.69 Å². The molecule has 25 heavy (non-hydrogen) atoms. The molecule has 4 rings (SSSR count). The minimum Gasteiger partial charge on any atom is -0.477 e. The highest BCUT2D eigenvalue weighted by atomic mass is 16.5. The van der Waals surface area contributed by atoms with Crippen molar-refractivity contribution in [3.05, 3.63) is 41.2 Å². The third-order valence-corrected chi connectivity index (χ3v) is 5.09. The first-order valence-corrected chi connectivity index (χ1v) is 8.64. The van der Waals surface area contributed by atoms with Gasteiger partial charge in [-0.25, -0.2) is 0 Å². The molecule has 1 aliphatic rings. The summed E-state index contributed by atoms with van der Waals surface area (Å²) >= 11 is 0. The summed E-state index contributed by atoms with van der Waals surface area (Å²) in [6, 6.07) is 8.09. The highest BCUT2D eigenvalue weighted by Crippen LogP contribution is 2.44. The number of ether oxygens (including phenoxy) is 1. The Kier molecular flexibility index (Phi) is 3.45. The minimum absolute atomic E-state index is 0.0230. The topological polar surface area (TPSA) is 42.7 Å². The van der Waals surface area contributed by atoms with Crippen LogP contribution in [0.5, 0.6) is 5.75 Å². The first-order valence-electron chi connectivity index (χ1n) is 8.64. The largest absolute Gasteiger partial charge is 0.477 e. The lowest BCUT2D eigenvalue weighted by Gasteiger charge is -2.39. The van der Waals surface area contributed by atoms with E-state index in [1.807, 2.05) is 25.1 Å². The van der Waals surface area contributed by atoms with Crippen molar-refractivity contribution in [2.24, 2.45) is 0 Å². The molecule has 0 bridgehead atoms. The number of hydrogen-bond acceptors (Lipinski definition) is 4. The summed E-state index contributed by atoms with van der Waals surface area (Å²) in [7, 11) is 0. The van der Waals surface area contributed by atoms with E-state index < -0.39 is 0 Å². The Morgan fingerprint density at radius 2 is 1.84 bits per heavy atom. The molecule has 3 aromatic rings. The normalized spacial score (nSPS) is 15.4. The van der Waals surface area contributed by atoms with E-state index in [1.165, 1.54) is 0 Å². The van der Waals surface area contributed by atoms with Crippen molar-refractivity contribution < 1.29 is 13.9 Å². The van der Waals surface area contributed by atoms with Gasteiger partial charge in [0.2, 0.25) is 0 Å². The second-order valence-electron chi connectivity index (χ2n) is 7.79. The lowest BCUT2D eigenvalue weighted by molar-refractivity contribution is 0.0236. The number of hydrogen-bond donors (Lipinski definition) is 0. The van der Waals surface area contributed by atoms with E-state index in [-0.39, 0.29) is 11.3 Å². The van der Waals surface area contributed by atoms with Crippen molar-refractivity contribution in [2.45, 2.75) is 46.7 Å². The summed E-state index contributed by atoms with van der Waals surface area (Å²) in [5.74, 6) is 1.59. The van der Waals surface area contributed by atoms with Gasteiger partial charge in [-0.05, 0) is 34.6 Å². The molecule has 2 heterocycles. The highest BCUT2D eigenvalue weighted by Gasteiger charge is 2.32. The van der Waals surface area contributed by atoms with Crippen molar-refractivity contribution in [1.29, 1.82) is 0 Å². The lowest BCUT2D eigenvalue weighted by atomic mass is 9.94. The quantitative estimate of drug-likeness (QED) is 0.583. The molecule has 2 aromatic carbocycles. The summed E-state index contributed by atoms with van der Waals surface area (Å²) in [6.07, 6.45) is 0. The van der Waals surface area contributed by atoms with Crippen LogP contribution >= 0.6 is 0 Å². The fraction of sp³-hybridized carbons (Fsp3) is 0.381. The molecule has 0 saturated heterocycles. The predicted molar refractivity (Wildman–Crippen MR) is 99.3 cm³/mol. The van der Waals surface area contributed by atoms with Crippen molar-refractivity contribution in [1.82, 2.24) is 4.90 Å². The number of fused-ring (bicyclic) bond motifs is 6. The van der Waals surface area contributed by atoms with Gasteiger partial charge in [0, 0.05) is 33.8 Å². The van der Waals surface area contributed by atoms with Gasteiger partial charge in [-0.1, -0.05) is 24.3 Å². The van der Waals surface area contributed by atoms with Crippen LogP contribution in [0.4, 0.5) is 0 Å². The fourth-order valence-electron chi connectivity index (χ4n) is 3.73. The predicted octanol–water partition coefficient (Wildman–Crippen LogP) is 5.05. The van der Waals surface area contributed by atoms with Gasteiger partial charge in [0.15, 0.2) is 5.78 Å². The Labute approximate surface area is 147 Å². The molecule has 1 aliphatic heterocycles. The number of aryl methyl sites for hydroxylation is 1. The van der Waals surface area contributed by atoms with Gasteiger partial charge in [0.05, 0.1) is 5.56 Å². The lowest BCUT2D eigenvalue weighted by Crippen LogP contribution is -2.45. The van der Waals surface area contributed by atoms with Crippen LogP contribution in [0.3, 0.4) is 0 Å². The van der Waals surface area contributed by atoms with E-state index in [9.17, 15) is 4.79 Å². The van der Waals surface area contributed by atoms with E-state index >= 15 is 0 Å². The molecule has 130 valence electrons. The smallest absolute Gasteiger partial charge is 0.163 e. The number of nitrogens with zero attached hydrogens (tertiary/aromatic N) is 1. The van der Waals surface area contributed by atoms with Crippen molar-refractivity contribution in [3.8, 4) is 5.75 Å². The van der Waals surface area contributed by atoms with Gasteiger partial charge in [0.25, 0.3) is 0 Å². The molecule has 0 saturated carbocycles. The monoisotopic (exact) mass is 337 g/mol. The number of ketones is 1. The third-order valence-electron chi connectivity index (χ3n) is 5.09. The molecule has 0 unspecified atom stereocenters. The number of carbonyl (C=O) groups is 1. The second-order valence-corrected chi connectivity index (χ2v) is 7.79. The highest BCUT2D eigenvalue weighted by molar-refractivity contribution is 6.17. The van der Waals surface area contributed by atoms with E-state index in [2.05, 4.69) is 31.7 Å². The van der Waals surface area contributed by atoms with Gasteiger partial charge in [-0.15, -0.1) is 0 Å². The number of Topliss-reactive ketones (excluding diaryl/α,β-unsaturated/α-hetero) is 1. The van der Waals surface area contributed by atoms with E-state index in [1.54, 1.807) is 6.92 Å². The molecular weight excluding hydrogens is 314 g/mol. The van der Waals surface area contributed by atoms with Crippen LogP contribution in [-0.4, -0.2) is 23.0 Å². The van der Waals surface area contributed by atoms with E-state index in [0.29, 0.717) is 18.1 Å². The van der Waals surface area contributed by atoms with Crippen LogP contribution in [0.15, 0.2) is 28.7 Å². The maximum absolute atomic E-state index is 12.3. The Morgan fingerprint density at radius 1 is 1.16 bits per heavy atom. The van der Waals surface area contributed by atoms with Gasteiger partial charge in [0.1, 0.15) is 23.8 Å². The molecule has 0 fully saturated rings. The van der Waals surface area contributed by atoms with Crippen LogP contribution in [-0.2, 0) is 6.54 Å². The van der Waals surface area contributed by atoms with Crippen LogP contribution in [0.1, 0.15) is 49.4 Å². The van der Waals surface area contributed by atoms with Crippen molar-refractivity contribution >= 4 is 27.5 Å². The summed E-state index contributed by atoms with van der Waals surface area (Å²) in [4.78, 5) is 14.6. The molecule has 4 heteroatoms. The van der Waals surface area contributed by atoms with Crippen molar-refractivity contribution in [2.75, 3.05) is 6.73 Å². The van der Waals surface area contributed by atoms with Crippen LogP contribution < -0.4 is 4.74 Å². The molecule has 0 spiro atoms. The zero-order chi connectivity index (χ0) is 17.9. The SMILES string of the molecule is CC(=O)c1c(C)oc2c1c1c(c3ccccc32)OCN(C(C)(C)C)C1. The average molecular weight is 337 g/mol. The maximum atomic E-state index is 12.3. The Hall–Kier alpha value is -2.33. The van der Waals surface area contributed by atoms with Gasteiger partial charge >= 0.3 is 0 Å². The van der Waals surface area contributed by atoms with E-state index in [4.69, 9.17) is 9.15 Å². The number of benzene rings is 2. The van der Waals surface area contributed by atoms with Crippen LogP contribution in [0.2, 0.25) is 0 Å². The standard InChI is InChI=1S/C21H23NO3/c1-12(23)17-13(2)25-20-15-9-7-6-8-14(15)19-16(18(17)20)10-22(11-24-19)21(3,4)5/h6-9H,10-11H2,1-5H3. The minimum atomic E-state index is -0.0230. The first-order chi connectivity index (χ1) is 11.8. The molecule has 4 nitrogen and oxygen atoms in total. The Morgan fingerprint density at radius 3 is 2.48 bits per heavy atom. The molecule has 1 aromatic heterocycles. The summed E-state index contributed by atoms with van der Waals surface area (Å²) < 4.78 is 12.3. The summed E-state index contributed by atoms with van der Waals surface area (Å²) in [5.41, 5.74) is 2.50. The molecule has 0 aliphatic carbocycles. The van der Waals surface area contributed by atoms with Gasteiger partial charge < -0.3 is 9.15 Å². The molecule has 0 N–H and O–H groups in total. The number of furan rings is 1. The maximum Gasteiger partial charge on any atom is 0.163 e. The zero-order valence-corrected chi connectivity index (χ0v) is 15.4. The molecule has 0 radical (unpaired) electrons. The summed E-state index contributed by atoms with van der Waals surface area (Å²) in [5, 5.41) is 2.95. The van der Waals surface area contributed by atoms with Crippen LogP contribution in [0.25, 0.3) is 21.7 Å². The van der Waals surface area contributed by atoms with Crippen LogP contribution in [0, 0.1) is 6.92 Å². The molecular formula is C21H23NO3. The fourth-order valence-corrected chi connectivity index (χ4v) is 3.73. The van der Waals surface area contributed by atoms with Gasteiger partial charge in [-0.2, -0.15) is 0 Å². The molecule has 0 amide bonds. The Balaban J connectivity index is 2.12. The second kappa shape index (κ2) is 5.33. The average Bonchev–Trinajstić information content (AvgIpc) is 2.91. The first kappa shape index (κ1) is 16.2. The number of rotatable bonds is 1. The Bertz CT molecular complexity index is 1010. The molecule has 0 atom stereocenters. The third kappa shape index (κ3) is 2.35. The van der Waals surface area contributed by atoms with E-state index in [0.717, 1.165) is 39.6 Å².